The second-order valence-corrected chi connectivity index (χ2v) is 5.41. The Bertz CT molecular complexity index is 638. The van der Waals surface area contributed by atoms with Crippen LogP contribution in [0.2, 0.25) is 0 Å². The van der Waals surface area contributed by atoms with Gasteiger partial charge in [-0.05, 0) is 55.6 Å². The van der Waals surface area contributed by atoms with E-state index in [0.717, 1.165) is 30.8 Å². The third-order valence-electron chi connectivity index (χ3n) is 3.54. The van der Waals surface area contributed by atoms with Gasteiger partial charge in [-0.25, -0.2) is 0 Å². The molecule has 0 aliphatic heterocycles. The molecule has 0 heterocycles. The fraction of sp³-hybridized carbons (Fsp3) is 0.316. The number of aryl methyl sites for hydroxylation is 2. The Morgan fingerprint density at radius 1 is 1.09 bits per heavy atom. The zero-order chi connectivity index (χ0) is 15.8. The van der Waals surface area contributed by atoms with Gasteiger partial charge in [0, 0.05) is 6.54 Å². The highest BCUT2D eigenvalue weighted by molar-refractivity contribution is 5.39. The number of benzene rings is 2. The number of nitriles is 1. The Morgan fingerprint density at radius 2 is 1.82 bits per heavy atom. The van der Waals surface area contributed by atoms with Crippen LogP contribution in [0.25, 0.3) is 0 Å². The van der Waals surface area contributed by atoms with E-state index in [-0.39, 0.29) is 0 Å². The first-order valence-electron chi connectivity index (χ1n) is 7.59. The van der Waals surface area contributed by atoms with Crippen molar-refractivity contribution in [1.29, 1.82) is 5.26 Å². The van der Waals surface area contributed by atoms with Crippen molar-refractivity contribution in [3.63, 3.8) is 0 Å². The number of ether oxygens (including phenoxy) is 1. The van der Waals surface area contributed by atoms with E-state index in [1.165, 1.54) is 11.1 Å². The maximum absolute atomic E-state index is 8.87. The summed E-state index contributed by atoms with van der Waals surface area (Å²) in [5, 5.41) is 12.2. The average Bonchev–Trinajstić information content (AvgIpc) is 2.53. The summed E-state index contributed by atoms with van der Waals surface area (Å²) in [6, 6.07) is 16.0. The molecule has 0 saturated carbocycles. The van der Waals surface area contributed by atoms with Gasteiger partial charge in [0.25, 0.3) is 0 Å². The van der Waals surface area contributed by atoms with Gasteiger partial charge < -0.3 is 10.1 Å². The van der Waals surface area contributed by atoms with Crippen LogP contribution in [0.4, 0.5) is 0 Å². The monoisotopic (exact) mass is 294 g/mol. The lowest BCUT2D eigenvalue weighted by Gasteiger charge is -2.12. The summed E-state index contributed by atoms with van der Waals surface area (Å²) in [6.07, 6.45) is 0.950. The summed E-state index contributed by atoms with van der Waals surface area (Å²) in [7, 11) is 0. The number of hydrogen-bond donors (Lipinski definition) is 1. The van der Waals surface area contributed by atoms with Gasteiger partial charge in [-0.1, -0.05) is 30.3 Å². The molecule has 2 aromatic carbocycles. The highest BCUT2D eigenvalue weighted by Crippen LogP contribution is 2.22. The minimum Gasteiger partial charge on any atom is -0.493 e. The van der Waals surface area contributed by atoms with Crippen molar-refractivity contribution in [3.8, 4) is 11.8 Å². The summed E-state index contributed by atoms with van der Waals surface area (Å²) >= 11 is 0. The lowest BCUT2D eigenvalue weighted by Crippen LogP contribution is -2.17. The fourth-order valence-corrected chi connectivity index (χ4v) is 2.38. The normalized spacial score (nSPS) is 10.2. The summed E-state index contributed by atoms with van der Waals surface area (Å²) in [5.74, 6) is 1.00. The summed E-state index contributed by atoms with van der Waals surface area (Å²) in [4.78, 5) is 0. The first-order valence-corrected chi connectivity index (χ1v) is 7.59. The Labute approximate surface area is 132 Å². The smallest absolute Gasteiger partial charge is 0.125 e. The van der Waals surface area contributed by atoms with E-state index in [2.05, 4.69) is 43.4 Å². The number of hydrogen-bond acceptors (Lipinski definition) is 3. The molecule has 2 aromatic rings. The molecule has 0 aliphatic rings. The van der Waals surface area contributed by atoms with Gasteiger partial charge in [0.05, 0.1) is 18.2 Å². The maximum Gasteiger partial charge on any atom is 0.125 e. The van der Waals surface area contributed by atoms with Crippen LogP contribution in [-0.2, 0) is 6.54 Å². The molecule has 0 bridgehead atoms. The minimum absolute atomic E-state index is 0.705. The molecule has 0 spiro atoms. The third kappa shape index (κ3) is 4.61. The van der Waals surface area contributed by atoms with Crippen LogP contribution in [0, 0.1) is 25.2 Å². The zero-order valence-corrected chi connectivity index (χ0v) is 13.2. The van der Waals surface area contributed by atoms with Crippen molar-refractivity contribution in [2.45, 2.75) is 26.8 Å². The third-order valence-corrected chi connectivity index (χ3v) is 3.54. The second kappa shape index (κ2) is 8.21. The van der Waals surface area contributed by atoms with Gasteiger partial charge >= 0.3 is 0 Å². The molecule has 0 atom stereocenters. The predicted molar refractivity (Wildman–Crippen MR) is 88.9 cm³/mol. The quantitative estimate of drug-likeness (QED) is 0.791. The van der Waals surface area contributed by atoms with Gasteiger partial charge in [0.1, 0.15) is 5.75 Å². The summed E-state index contributed by atoms with van der Waals surface area (Å²) < 4.78 is 5.87. The van der Waals surface area contributed by atoms with Crippen molar-refractivity contribution in [2.75, 3.05) is 13.2 Å². The fourth-order valence-electron chi connectivity index (χ4n) is 2.38. The molecule has 0 saturated heterocycles. The Morgan fingerprint density at radius 3 is 2.55 bits per heavy atom. The van der Waals surface area contributed by atoms with E-state index >= 15 is 0 Å². The largest absolute Gasteiger partial charge is 0.493 e. The maximum atomic E-state index is 8.87. The second-order valence-electron chi connectivity index (χ2n) is 5.41. The van der Waals surface area contributed by atoms with E-state index in [0.29, 0.717) is 12.2 Å². The van der Waals surface area contributed by atoms with E-state index in [1.54, 1.807) is 0 Å². The molecule has 2 rings (SSSR count). The van der Waals surface area contributed by atoms with Crippen LogP contribution in [0.15, 0.2) is 42.5 Å². The van der Waals surface area contributed by atoms with Gasteiger partial charge in [-0.3, -0.25) is 0 Å². The SMILES string of the molecule is Cc1cccc(C)c1OCCCNCc1cccc(C#N)c1. The Hall–Kier alpha value is -2.31. The Balaban J connectivity index is 1.68. The molecule has 0 unspecified atom stereocenters. The van der Waals surface area contributed by atoms with E-state index in [4.69, 9.17) is 10.00 Å². The lowest BCUT2D eigenvalue weighted by molar-refractivity contribution is 0.304. The molecule has 0 fully saturated rings. The molecule has 114 valence electrons. The lowest BCUT2D eigenvalue weighted by atomic mass is 10.1. The Kier molecular flexibility index (Phi) is 6.00. The highest BCUT2D eigenvalue weighted by atomic mass is 16.5. The van der Waals surface area contributed by atoms with Crippen molar-refractivity contribution in [1.82, 2.24) is 5.32 Å². The topological polar surface area (TPSA) is 45.0 Å². The first-order chi connectivity index (χ1) is 10.7. The summed E-state index contributed by atoms with van der Waals surface area (Å²) in [5.41, 5.74) is 4.20. The van der Waals surface area contributed by atoms with Crippen LogP contribution >= 0.6 is 0 Å². The predicted octanol–water partition coefficient (Wildman–Crippen LogP) is 3.73. The molecule has 0 aliphatic carbocycles. The summed E-state index contributed by atoms with van der Waals surface area (Å²) in [6.45, 7) is 6.52. The van der Waals surface area contributed by atoms with E-state index in [1.807, 2.05) is 24.3 Å². The van der Waals surface area contributed by atoms with Crippen molar-refractivity contribution < 1.29 is 4.74 Å². The number of nitrogens with one attached hydrogen (secondary N) is 1. The van der Waals surface area contributed by atoms with Crippen LogP contribution in [0.1, 0.15) is 28.7 Å². The van der Waals surface area contributed by atoms with E-state index < -0.39 is 0 Å². The van der Waals surface area contributed by atoms with E-state index in [9.17, 15) is 0 Å². The standard InChI is InChI=1S/C19H22N2O/c1-15-6-3-7-16(2)19(15)22-11-5-10-21-14-18-9-4-8-17(12-18)13-20/h3-4,6-9,12,21H,5,10-11,14H2,1-2H3. The average molecular weight is 294 g/mol. The number of para-hydroxylation sites is 1. The molecule has 1 N–H and O–H groups in total. The van der Waals surface area contributed by atoms with Crippen LogP contribution in [0.5, 0.6) is 5.75 Å². The molecule has 22 heavy (non-hydrogen) atoms. The van der Waals surface area contributed by atoms with Gasteiger partial charge in [0.15, 0.2) is 0 Å². The van der Waals surface area contributed by atoms with Gasteiger partial charge in [0.2, 0.25) is 0 Å². The molecule has 3 heteroatoms. The molecule has 0 amide bonds. The molecule has 0 radical (unpaired) electrons. The molecular weight excluding hydrogens is 272 g/mol. The van der Waals surface area contributed by atoms with Gasteiger partial charge in [-0.2, -0.15) is 5.26 Å². The molecule has 0 aromatic heterocycles. The van der Waals surface area contributed by atoms with Crippen molar-refractivity contribution in [2.24, 2.45) is 0 Å². The number of nitrogens with zero attached hydrogens (tertiary/aromatic N) is 1. The zero-order valence-electron chi connectivity index (χ0n) is 13.2. The van der Waals surface area contributed by atoms with Crippen LogP contribution < -0.4 is 10.1 Å². The molecule has 3 nitrogen and oxygen atoms in total. The van der Waals surface area contributed by atoms with Crippen LogP contribution in [-0.4, -0.2) is 13.2 Å². The van der Waals surface area contributed by atoms with Crippen molar-refractivity contribution in [3.05, 3.63) is 64.7 Å². The minimum atomic E-state index is 0.705. The van der Waals surface area contributed by atoms with Gasteiger partial charge in [-0.15, -0.1) is 0 Å². The first kappa shape index (κ1) is 16.1. The number of rotatable bonds is 7. The van der Waals surface area contributed by atoms with Crippen molar-refractivity contribution >= 4 is 0 Å². The molecular formula is C19H22N2O. The van der Waals surface area contributed by atoms with Crippen LogP contribution in [0.3, 0.4) is 0 Å². The highest BCUT2D eigenvalue weighted by Gasteiger charge is 2.02.